The molecular weight excluding hydrogens is 350 g/mol. The van der Waals surface area contributed by atoms with Crippen LogP contribution in [0.1, 0.15) is 23.6 Å². The highest BCUT2D eigenvalue weighted by molar-refractivity contribution is 5.75. The van der Waals surface area contributed by atoms with Crippen molar-refractivity contribution in [2.45, 2.75) is 25.5 Å². The summed E-state index contributed by atoms with van der Waals surface area (Å²) in [5.74, 6) is -0.346. The van der Waals surface area contributed by atoms with Crippen LogP contribution in [0.2, 0.25) is 0 Å². The number of aryl methyl sites for hydroxylation is 1. The first-order valence-electron chi connectivity index (χ1n) is 9.41. The lowest BCUT2D eigenvalue weighted by molar-refractivity contribution is -0.151. The van der Waals surface area contributed by atoms with Crippen LogP contribution in [0.15, 0.2) is 78.9 Å². The fraction of sp³-hybridized carbons (Fsp3) is 0.208. The van der Waals surface area contributed by atoms with Crippen molar-refractivity contribution in [1.82, 2.24) is 0 Å². The molecule has 1 fully saturated rings. The molecule has 0 spiro atoms. The molecule has 1 aliphatic heterocycles. The van der Waals surface area contributed by atoms with E-state index < -0.39 is 6.10 Å². The Labute approximate surface area is 165 Å². The Morgan fingerprint density at radius 3 is 2.36 bits per heavy atom. The minimum atomic E-state index is -0.607. The van der Waals surface area contributed by atoms with Gasteiger partial charge in [0.25, 0.3) is 0 Å². The second kappa shape index (κ2) is 7.87. The molecule has 3 aromatic carbocycles. The molecular formula is C24H23NO3. The van der Waals surface area contributed by atoms with Crippen LogP contribution >= 0.6 is 0 Å². The molecule has 4 heteroatoms. The van der Waals surface area contributed by atoms with Gasteiger partial charge in [0.2, 0.25) is 0 Å². The van der Waals surface area contributed by atoms with Crippen molar-refractivity contribution in [2.75, 3.05) is 12.2 Å². The van der Waals surface area contributed by atoms with Gasteiger partial charge in [-0.2, -0.15) is 0 Å². The molecule has 0 bridgehead atoms. The lowest BCUT2D eigenvalue weighted by Gasteiger charge is -2.25. The zero-order valence-electron chi connectivity index (χ0n) is 16.0. The van der Waals surface area contributed by atoms with Gasteiger partial charge in [0, 0.05) is 6.42 Å². The van der Waals surface area contributed by atoms with E-state index in [1.165, 1.54) is 12.7 Å². The molecule has 0 radical (unpaired) electrons. The van der Waals surface area contributed by atoms with E-state index in [4.69, 9.17) is 9.57 Å². The molecule has 0 N–H and O–H groups in total. The van der Waals surface area contributed by atoms with E-state index in [0.29, 0.717) is 6.42 Å². The van der Waals surface area contributed by atoms with Gasteiger partial charge in [-0.25, -0.2) is 9.86 Å². The maximum atomic E-state index is 12.1. The summed E-state index contributed by atoms with van der Waals surface area (Å²) in [6.45, 7) is 2.04. The molecule has 1 aliphatic rings. The predicted molar refractivity (Wildman–Crippen MR) is 110 cm³/mol. The third-order valence-corrected chi connectivity index (χ3v) is 5.08. The molecule has 4 rings (SSSR count). The van der Waals surface area contributed by atoms with E-state index >= 15 is 0 Å². The highest BCUT2D eigenvalue weighted by Gasteiger charge is 2.39. The number of carbonyl (C=O) groups is 1. The topological polar surface area (TPSA) is 38.8 Å². The quantitative estimate of drug-likeness (QED) is 0.598. The molecule has 142 valence electrons. The first kappa shape index (κ1) is 18.3. The van der Waals surface area contributed by atoms with E-state index in [2.05, 4.69) is 42.5 Å². The van der Waals surface area contributed by atoms with Crippen LogP contribution in [0, 0.1) is 6.92 Å². The molecule has 0 saturated carbocycles. The minimum absolute atomic E-state index is 0.0595. The van der Waals surface area contributed by atoms with Gasteiger partial charge in [0.1, 0.15) is 0 Å². The summed E-state index contributed by atoms with van der Waals surface area (Å²) >= 11 is 0. The number of hydrogen-bond acceptors (Lipinski definition) is 4. The monoisotopic (exact) mass is 373 g/mol. The zero-order valence-corrected chi connectivity index (χ0v) is 16.0. The minimum Gasteiger partial charge on any atom is -0.467 e. The molecule has 0 aromatic heterocycles. The first-order chi connectivity index (χ1) is 13.7. The predicted octanol–water partition coefficient (Wildman–Crippen LogP) is 5.09. The number of carbonyl (C=O) groups excluding carboxylic acids is 1. The second-order valence-corrected chi connectivity index (χ2v) is 7.02. The number of esters is 1. The van der Waals surface area contributed by atoms with Crippen molar-refractivity contribution in [3.05, 3.63) is 90.0 Å². The molecule has 0 amide bonds. The highest BCUT2D eigenvalue weighted by atomic mass is 16.7. The van der Waals surface area contributed by atoms with Crippen molar-refractivity contribution < 1.29 is 14.4 Å². The first-order valence-corrected chi connectivity index (χ1v) is 9.41. The summed E-state index contributed by atoms with van der Waals surface area (Å²) < 4.78 is 4.91. The van der Waals surface area contributed by atoms with Gasteiger partial charge in [0.15, 0.2) is 6.10 Å². The van der Waals surface area contributed by atoms with E-state index in [1.54, 1.807) is 0 Å². The summed E-state index contributed by atoms with van der Waals surface area (Å²) in [6.07, 6.45) is -0.0602. The summed E-state index contributed by atoms with van der Waals surface area (Å²) in [6, 6.07) is 26.8. The smallest absolute Gasteiger partial charge is 0.337 e. The van der Waals surface area contributed by atoms with Crippen LogP contribution < -0.4 is 5.06 Å². The number of benzene rings is 3. The third kappa shape index (κ3) is 3.64. The van der Waals surface area contributed by atoms with Crippen LogP contribution in [-0.4, -0.2) is 19.2 Å². The Morgan fingerprint density at radius 2 is 1.68 bits per heavy atom. The van der Waals surface area contributed by atoms with Gasteiger partial charge >= 0.3 is 5.97 Å². The largest absolute Gasteiger partial charge is 0.467 e. The molecule has 1 saturated heterocycles. The number of anilines is 1. The molecule has 0 aliphatic carbocycles. The number of ether oxygens (including phenoxy) is 1. The van der Waals surface area contributed by atoms with Crippen LogP contribution in [0.5, 0.6) is 0 Å². The summed E-state index contributed by atoms with van der Waals surface area (Å²) in [5.41, 5.74) is 5.52. The number of nitrogens with zero attached hydrogens (tertiary/aromatic N) is 1. The van der Waals surface area contributed by atoms with E-state index in [9.17, 15) is 4.79 Å². The van der Waals surface area contributed by atoms with Crippen molar-refractivity contribution in [3.8, 4) is 11.1 Å². The molecule has 4 nitrogen and oxygen atoms in total. The number of rotatable bonds is 4. The van der Waals surface area contributed by atoms with Crippen molar-refractivity contribution in [3.63, 3.8) is 0 Å². The van der Waals surface area contributed by atoms with E-state index in [0.717, 1.165) is 22.4 Å². The Morgan fingerprint density at radius 1 is 0.964 bits per heavy atom. The van der Waals surface area contributed by atoms with Crippen LogP contribution in [-0.2, 0) is 14.4 Å². The van der Waals surface area contributed by atoms with Gasteiger partial charge in [-0.1, -0.05) is 66.7 Å². The summed E-state index contributed by atoms with van der Waals surface area (Å²) in [5, 5.41) is 1.84. The van der Waals surface area contributed by atoms with Gasteiger partial charge in [-0.15, -0.1) is 0 Å². The fourth-order valence-electron chi connectivity index (χ4n) is 3.63. The lowest BCUT2D eigenvalue weighted by Crippen LogP contribution is -2.25. The lowest BCUT2D eigenvalue weighted by atomic mass is 9.97. The Kier molecular flexibility index (Phi) is 5.13. The zero-order chi connectivity index (χ0) is 19.5. The van der Waals surface area contributed by atoms with Gasteiger partial charge in [-0.05, 0) is 41.3 Å². The number of hydrogen-bond donors (Lipinski definition) is 0. The normalized spacial score (nSPS) is 18.9. The van der Waals surface area contributed by atoms with Crippen LogP contribution in [0.4, 0.5) is 5.69 Å². The van der Waals surface area contributed by atoms with Gasteiger partial charge < -0.3 is 4.74 Å². The molecule has 1 heterocycles. The Bertz CT molecular complexity index is 953. The van der Waals surface area contributed by atoms with Gasteiger partial charge in [0.05, 0.1) is 18.8 Å². The molecule has 3 aromatic rings. The maximum Gasteiger partial charge on any atom is 0.337 e. The molecule has 2 atom stereocenters. The highest BCUT2D eigenvalue weighted by Crippen LogP contribution is 2.39. The number of hydroxylamine groups is 1. The molecule has 28 heavy (non-hydrogen) atoms. The van der Waals surface area contributed by atoms with E-state index in [-0.39, 0.29) is 12.0 Å². The average molecular weight is 373 g/mol. The SMILES string of the molecule is COC(=O)C1CC(c2ccc(-c3ccccc3)cc2)N(c2cccc(C)c2)O1. The summed E-state index contributed by atoms with van der Waals surface area (Å²) in [7, 11) is 1.39. The van der Waals surface area contributed by atoms with Crippen molar-refractivity contribution in [2.24, 2.45) is 0 Å². The second-order valence-electron chi connectivity index (χ2n) is 7.02. The average Bonchev–Trinajstić information content (AvgIpc) is 3.19. The maximum absolute atomic E-state index is 12.1. The van der Waals surface area contributed by atoms with Crippen LogP contribution in [0.3, 0.4) is 0 Å². The molecule has 2 unspecified atom stereocenters. The van der Waals surface area contributed by atoms with Crippen molar-refractivity contribution >= 4 is 11.7 Å². The Balaban J connectivity index is 1.65. The van der Waals surface area contributed by atoms with Crippen LogP contribution in [0.25, 0.3) is 11.1 Å². The number of methoxy groups -OCH3 is 1. The van der Waals surface area contributed by atoms with E-state index in [1.807, 2.05) is 48.4 Å². The standard InChI is InChI=1S/C24H23NO3/c1-17-7-6-10-21(15-17)25-22(16-23(28-25)24(26)27-2)20-13-11-19(12-14-20)18-8-4-3-5-9-18/h3-15,22-23H,16H2,1-2H3. The third-order valence-electron chi connectivity index (χ3n) is 5.08. The fourth-order valence-corrected chi connectivity index (χ4v) is 3.63. The Hall–Kier alpha value is -3.11. The van der Waals surface area contributed by atoms with Crippen molar-refractivity contribution in [1.29, 1.82) is 0 Å². The van der Waals surface area contributed by atoms with Gasteiger partial charge in [-0.3, -0.25) is 4.84 Å². The summed E-state index contributed by atoms with van der Waals surface area (Å²) in [4.78, 5) is 18.1.